The van der Waals surface area contributed by atoms with Crippen molar-refractivity contribution in [3.8, 4) is 0 Å². The normalized spacial score (nSPS) is 11.6. The smallest absolute Gasteiger partial charge is 0.224 e. The van der Waals surface area contributed by atoms with E-state index in [4.69, 9.17) is 0 Å². The lowest BCUT2D eigenvalue weighted by Crippen LogP contribution is -2.41. The van der Waals surface area contributed by atoms with Crippen LogP contribution < -0.4 is 16.0 Å². The Morgan fingerprint density at radius 1 is 1.14 bits per heavy atom. The molecular weight excluding hydrogens is 477 g/mol. The summed E-state index contributed by atoms with van der Waals surface area (Å²) in [6, 6.07) is 9.03. The van der Waals surface area contributed by atoms with Gasteiger partial charge in [0.05, 0.1) is 0 Å². The second-order valence-corrected chi connectivity index (χ2v) is 7.63. The van der Waals surface area contributed by atoms with Crippen molar-refractivity contribution in [2.24, 2.45) is 4.99 Å². The molecule has 6 nitrogen and oxygen atoms in total. The fraction of sp³-hybridized carbons (Fsp3) is 0.636. The minimum Gasteiger partial charge on any atom is -0.356 e. The van der Waals surface area contributed by atoms with Gasteiger partial charge < -0.3 is 16.0 Å². The number of nitrogens with one attached hydrogen (secondary N) is 3. The van der Waals surface area contributed by atoms with Crippen molar-refractivity contribution < 1.29 is 4.79 Å². The van der Waals surface area contributed by atoms with Crippen LogP contribution in [0.1, 0.15) is 59.4 Å². The fourth-order valence-electron chi connectivity index (χ4n) is 3.20. The zero-order valence-corrected chi connectivity index (χ0v) is 21.2. The van der Waals surface area contributed by atoms with Gasteiger partial charge in [0.2, 0.25) is 5.91 Å². The third kappa shape index (κ3) is 11.4. The van der Waals surface area contributed by atoms with Crippen LogP contribution in [-0.4, -0.2) is 49.0 Å². The summed E-state index contributed by atoms with van der Waals surface area (Å²) in [7, 11) is 1.78. The van der Waals surface area contributed by atoms with Crippen LogP contribution in [0.5, 0.6) is 0 Å². The number of carbonyl (C=O) groups is 1. The van der Waals surface area contributed by atoms with Gasteiger partial charge in [-0.3, -0.25) is 14.7 Å². The lowest BCUT2D eigenvalue weighted by molar-refractivity contribution is -0.116. The highest BCUT2D eigenvalue weighted by Crippen LogP contribution is 2.11. The number of nitrogens with zero attached hydrogens (tertiary/aromatic N) is 2. The average molecular weight is 518 g/mol. The van der Waals surface area contributed by atoms with Gasteiger partial charge in [-0.15, -0.1) is 24.0 Å². The Kier molecular flexibility index (Phi) is 14.8. The van der Waals surface area contributed by atoms with E-state index in [0.29, 0.717) is 25.0 Å². The molecule has 0 saturated carbocycles. The van der Waals surface area contributed by atoms with Gasteiger partial charge in [0.15, 0.2) is 5.96 Å². The summed E-state index contributed by atoms with van der Waals surface area (Å²) in [6.45, 7) is 13.6. The van der Waals surface area contributed by atoms with Crippen molar-refractivity contribution >= 4 is 41.5 Å². The van der Waals surface area contributed by atoms with Gasteiger partial charge in [0.25, 0.3) is 0 Å². The highest BCUT2D eigenvalue weighted by Gasteiger charge is 2.12. The van der Waals surface area contributed by atoms with Crippen LogP contribution in [0.15, 0.2) is 29.3 Å². The summed E-state index contributed by atoms with van der Waals surface area (Å²) < 4.78 is 0. The Hall–Kier alpha value is -1.35. The Balaban J connectivity index is 0.00000784. The summed E-state index contributed by atoms with van der Waals surface area (Å²) in [5, 5.41) is 9.65. The van der Waals surface area contributed by atoms with Gasteiger partial charge in [0.1, 0.15) is 0 Å². The SMILES string of the molecule is CCCC(=O)Nc1cccc(CNC(=NC)NCCCN(C(C)C)C(C)C)c1.I. The van der Waals surface area contributed by atoms with Crippen molar-refractivity contribution in [1.82, 2.24) is 15.5 Å². The molecule has 1 aromatic rings. The van der Waals surface area contributed by atoms with Crippen molar-refractivity contribution in [3.63, 3.8) is 0 Å². The van der Waals surface area contributed by atoms with E-state index in [1.54, 1.807) is 7.05 Å². The molecule has 0 radical (unpaired) electrons. The molecule has 0 aliphatic carbocycles. The number of guanidine groups is 1. The van der Waals surface area contributed by atoms with E-state index in [9.17, 15) is 4.79 Å². The number of aliphatic imine (C=N–C) groups is 1. The number of carbonyl (C=O) groups excluding carboxylic acids is 1. The van der Waals surface area contributed by atoms with E-state index in [-0.39, 0.29) is 29.9 Å². The summed E-state index contributed by atoms with van der Waals surface area (Å²) in [5.74, 6) is 0.850. The molecule has 0 aliphatic heterocycles. The molecule has 0 aliphatic rings. The number of amides is 1. The largest absolute Gasteiger partial charge is 0.356 e. The first-order valence-electron chi connectivity index (χ1n) is 10.5. The second-order valence-electron chi connectivity index (χ2n) is 7.63. The van der Waals surface area contributed by atoms with Crippen molar-refractivity contribution in [2.45, 2.75) is 72.5 Å². The summed E-state index contributed by atoms with van der Waals surface area (Å²) >= 11 is 0. The van der Waals surface area contributed by atoms with Crippen LogP contribution in [0.3, 0.4) is 0 Å². The van der Waals surface area contributed by atoms with E-state index in [1.807, 2.05) is 31.2 Å². The van der Waals surface area contributed by atoms with Gasteiger partial charge in [-0.25, -0.2) is 0 Å². The van der Waals surface area contributed by atoms with Gasteiger partial charge in [-0.05, 0) is 58.2 Å². The summed E-state index contributed by atoms with van der Waals surface area (Å²) in [6.07, 6.45) is 2.46. The molecule has 0 spiro atoms. The topological polar surface area (TPSA) is 68.8 Å². The molecule has 0 heterocycles. The molecule has 29 heavy (non-hydrogen) atoms. The van der Waals surface area contributed by atoms with Gasteiger partial charge >= 0.3 is 0 Å². The second kappa shape index (κ2) is 15.5. The maximum atomic E-state index is 11.8. The third-order valence-corrected chi connectivity index (χ3v) is 4.58. The molecule has 1 aromatic carbocycles. The Bertz CT molecular complexity index is 611. The van der Waals surface area contributed by atoms with Crippen LogP contribution in [0.4, 0.5) is 5.69 Å². The molecule has 3 N–H and O–H groups in total. The third-order valence-electron chi connectivity index (χ3n) is 4.58. The van der Waals surface area contributed by atoms with Crippen molar-refractivity contribution in [1.29, 1.82) is 0 Å². The number of hydrogen-bond acceptors (Lipinski definition) is 3. The predicted octanol–water partition coefficient (Wildman–Crippen LogP) is 4.22. The summed E-state index contributed by atoms with van der Waals surface area (Å²) in [4.78, 5) is 18.5. The monoisotopic (exact) mass is 517 g/mol. The molecule has 1 rings (SSSR count). The molecule has 0 aromatic heterocycles. The Labute approximate surface area is 194 Å². The van der Waals surface area contributed by atoms with Gasteiger partial charge in [-0.1, -0.05) is 19.1 Å². The molecule has 1 amide bonds. The summed E-state index contributed by atoms with van der Waals surface area (Å²) in [5.41, 5.74) is 1.94. The molecule has 0 bridgehead atoms. The van der Waals surface area contributed by atoms with Crippen molar-refractivity contribution in [3.05, 3.63) is 29.8 Å². The average Bonchev–Trinajstić information content (AvgIpc) is 2.63. The lowest BCUT2D eigenvalue weighted by Gasteiger charge is -2.30. The van der Waals surface area contributed by atoms with Crippen LogP contribution in [0.25, 0.3) is 0 Å². The highest BCUT2D eigenvalue weighted by molar-refractivity contribution is 14.0. The molecule has 0 unspecified atom stereocenters. The number of hydrogen-bond donors (Lipinski definition) is 3. The first kappa shape index (κ1) is 27.6. The minimum absolute atomic E-state index is 0. The fourth-order valence-corrected chi connectivity index (χ4v) is 3.20. The van der Waals surface area contributed by atoms with Crippen LogP contribution in [0, 0.1) is 0 Å². The zero-order chi connectivity index (χ0) is 20.9. The van der Waals surface area contributed by atoms with Gasteiger partial charge in [-0.2, -0.15) is 0 Å². The number of rotatable bonds is 11. The molecular formula is C22H40IN5O. The first-order valence-corrected chi connectivity index (χ1v) is 10.5. The van der Waals surface area contributed by atoms with E-state index < -0.39 is 0 Å². The van der Waals surface area contributed by atoms with Crippen LogP contribution in [0.2, 0.25) is 0 Å². The van der Waals surface area contributed by atoms with E-state index >= 15 is 0 Å². The predicted molar refractivity (Wildman–Crippen MR) is 135 cm³/mol. The Morgan fingerprint density at radius 2 is 1.83 bits per heavy atom. The minimum atomic E-state index is 0. The van der Waals surface area contributed by atoms with E-state index in [2.05, 4.69) is 53.5 Å². The molecule has 0 fully saturated rings. The molecule has 166 valence electrons. The first-order chi connectivity index (χ1) is 13.4. The number of halogens is 1. The maximum absolute atomic E-state index is 11.8. The van der Waals surface area contributed by atoms with Gasteiger partial charge in [0, 0.05) is 50.9 Å². The zero-order valence-electron chi connectivity index (χ0n) is 18.9. The quantitative estimate of drug-likeness (QED) is 0.178. The number of benzene rings is 1. The van der Waals surface area contributed by atoms with E-state index in [1.165, 1.54) is 0 Å². The van der Waals surface area contributed by atoms with Crippen LogP contribution >= 0.6 is 24.0 Å². The molecule has 0 saturated heterocycles. The lowest BCUT2D eigenvalue weighted by atomic mass is 10.2. The van der Waals surface area contributed by atoms with Crippen molar-refractivity contribution in [2.75, 3.05) is 25.5 Å². The maximum Gasteiger partial charge on any atom is 0.224 e. The highest BCUT2D eigenvalue weighted by atomic mass is 127. The van der Waals surface area contributed by atoms with E-state index in [0.717, 1.165) is 43.1 Å². The van der Waals surface area contributed by atoms with Crippen LogP contribution in [-0.2, 0) is 11.3 Å². The molecule has 0 atom stereocenters. The molecule has 7 heteroatoms. The standard InChI is InChI=1S/C22H39N5O.HI/c1-7-10-21(28)26-20-12-8-11-19(15-20)16-25-22(23-6)24-13-9-14-27(17(2)3)18(4)5;/h8,11-12,15,17-18H,7,9-10,13-14,16H2,1-6H3,(H,26,28)(H2,23,24,25);1H. The Morgan fingerprint density at radius 3 is 2.41 bits per heavy atom. The number of anilines is 1.